The summed E-state index contributed by atoms with van der Waals surface area (Å²) in [7, 11) is -3.29. The molecule has 0 aliphatic carbocycles. The minimum atomic E-state index is -3.29. The number of hydrogen-bond acceptors (Lipinski definition) is 4. The molecule has 23 heavy (non-hydrogen) atoms. The molecule has 1 amide bonds. The monoisotopic (exact) mass is 332 g/mol. The van der Waals surface area contributed by atoms with Crippen LogP contribution in [-0.4, -0.2) is 31.7 Å². The van der Waals surface area contributed by atoms with Gasteiger partial charge in [0, 0.05) is 12.1 Å². The fourth-order valence-corrected chi connectivity index (χ4v) is 4.06. The maximum absolute atomic E-state index is 12.3. The van der Waals surface area contributed by atoms with Crippen LogP contribution in [0.1, 0.15) is 16.8 Å². The molecule has 0 unspecified atom stereocenters. The summed E-state index contributed by atoms with van der Waals surface area (Å²) in [5, 5.41) is 12.3. The Morgan fingerprint density at radius 3 is 2.61 bits per heavy atom. The summed E-state index contributed by atoms with van der Waals surface area (Å²) in [6.07, 6.45) is 0.580. The lowest BCUT2D eigenvalue weighted by Crippen LogP contribution is -2.25. The van der Waals surface area contributed by atoms with E-state index in [2.05, 4.69) is 5.32 Å². The first-order chi connectivity index (χ1) is 11.0. The maximum Gasteiger partial charge on any atom is 0.255 e. The molecule has 1 saturated heterocycles. The van der Waals surface area contributed by atoms with Gasteiger partial charge in [0.2, 0.25) is 10.0 Å². The largest absolute Gasteiger partial charge is 0.506 e. The Labute approximate surface area is 134 Å². The summed E-state index contributed by atoms with van der Waals surface area (Å²) in [5.74, 6) is -0.314. The highest BCUT2D eigenvalue weighted by molar-refractivity contribution is 7.93. The van der Waals surface area contributed by atoms with Crippen LogP contribution < -0.4 is 9.62 Å². The number of phenolic OH excluding ortho intramolecular Hbond substituents is 1. The third-order valence-electron chi connectivity index (χ3n) is 3.65. The molecule has 0 spiro atoms. The van der Waals surface area contributed by atoms with E-state index in [-0.39, 0.29) is 11.5 Å². The molecule has 0 aromatic heterocycles. The first kappa shape index (κ1) is 15.4. The van der Waals surface area contributed by atoms with Gasteiger partial charge in [-0.1, -0.05) is 18.2 Å². The molecular weight excluding hydrogens is 316 g/mol. The molecule has 2 aromatic carbocycles. The fourth-order valence-electron chi connectivity index (χ4n) is 2.51. The summed E-state index contributed by atoms with van der Waals surface area (Å²) in [5.41, 5.74) is 1.11. The number of phenols is 1. The number of benzene rings is 2. The van der Waals surface area contributed by atoms with Gasteiger partial charge in [-0.15, -0.1) is 0 Å². The van der Waals surface area contributed by atoms with Crippen LogP contribution in [0.4, 0.5) is 11.4 Å². The highest BCUT2D eigenvalue weighted by atomic mass is 32.2. The summed E-state index contributed by atoms with van der Waals surface area (Å²) < 4.78 is 25.3. The van der Waals surface area contributed by atoms with Crippen LogP contribution in [-0.2, 0) is 10.0 Å². The predicted molar refractivity (Wildman–Crippen MR) is 88.3 cm³/mol. The van der Waals surface area contributed by atoms with Gasteiger partial charge < -0.3 is 10.4 Å². The zero-order valence-electron chi connectivity index (χ0n) is 12.3. The van der Waals surface area contributed by atoms with Gasteiger partial charge in [0.1, 0.15) is 5.75 Å². The predicted octanol–water partition coefficient (Wildman–Crippen LogP) is 2.18. The Kier molecular flexibility index (Phi) is 3.96. The van der Waals surface area contributed by atoms with Crippen molar-refractivity contribution < 1.29 is 18.3 Å². The number of amides is 1. The zero-order chi connectivity index (χ0) is 16.4. The summed E-state index contributed by atoms with van der Waals surface area (Å²) in [6.45, 7) is 0.423. The molecular formula is C16H16N2O4S. The summed E-state index contributed by atoms with van der Waals surface area (Å²) in [4.78, 5) is 12.3. The van der Waals surface area contributed by atoms with Gasteiger partial charge in [-0.2, -0.15) is 0 Å². The van der Waals surface area contributed by atoms with Crippen LogP contribution in [0.5, 0.6) is 5.75 Å². The minimum Gasteiger partial charge on any atom is -0.506 e. The number of aromatic hydroxyl groups is 1. The van der Waals surface area contributed by atoms with Gasteiger partial charge in [0.25, 0.3) is 5.91 Å². The third kappa shape index (κ3) is 3.14. The Morgan fingerprint density at radius 1 is 1.13 bits per heavy atom. The fraction of sp³-hybridized carbons (Fsp3) is 0.188. The Hall–Kier alpha value is -2.54. The van der Waals surface area contributed by atoms with Crippen molar-refractivity contribution in [2.45, 2.75) is 6.42 Å². The first-order valence-electron chi connectivity index (χ1n) is 7.17. The third-order valence-corrected chi connectivity index (χ3v) is 5.52. The highest BCUT2D eigenvalue weighted by Crippen LogP contribution is 2.26. The van der Waals surface area contributed by atoms with Gasteiger partial charge >= 0.3 is 0 Å². The first-order valence-corrected chi connectivity index (χ1v) is 8.78. The number of hydrogen-bond donors (Lipinski definition) is 2. The summed E-state index contributed by atoms with van der Waals surface area (Å²) >= 11 is 0. The van der Waals surface area contributed by atoms with Crippen molar-refractivity contribution in [1.82, 2.24) is 0 Å². The molecule has 6 nitrogen and oxygen atoms in total. The second-order valence-electron chi connectivity index (χ2n) is 5.26. The minimum absolute atomic E-state index is 0.0286. The molecule has 0 saturated carbocycles. The van der Waals surface area contributed by atoms with E-state index in [0.29, 0.717) is 29.9 Å². The molecule has 0 atom stereocenters. The molecule has 1 heterocycles. The average Bonchev–Trinajstić information content (AvgIpc) is 2.89. The van der Waals surface area contributed by atoms with E-state index in [1.54, 1.807) is 36.4 Å². The Balaban J connectivity index is 1.85. The van der Waals surface area contributed by atoms with E-state index in [1.165, 1.54) is 16.4 Å². The molecule has 0 radical (unpaired) electrons. The van der Waals surface area contributed by atoms with Gasteiger partial charge in [-0.05, 0) is 36.8 Å². The van der Waals surface area contributed by atoms with E-state index in [1.807, 2.05) is 0 Å². The number of sulfonamides is 1. The number of nitrogens with one attached hydrogen (secondary N) is 1. The van der Waals surface area contributed by atoms with E-state index in [4.69, 9.17) is 0 Å². The lowest BCUT2D eigenvalue weighted by molar-refractivity contribution is 0.102. The lowest BCUT2D eigenvalue weighted by atomic mass is 10.1. The Morgan fingerprint density at radius 2 is 1.91 bits per heavy atom. The van der Waals surface area contributed by atoms with Crippen LogP contribution in [0.15, 0.2) is 48.5 Å². The summed E-state index contributed by atoms with van der Waals surface area (Å²) in [6, 6.07) is 12.9. The molecule has 1 fully saturated rings. The van der Waals surface area contributed by atoms with Gasteiger partial charge in [-0.25, -0.2) is 8.42 Å². The van der Waals surface area contributed by atoms with Crippen molar-refractivity contribution in [3.8, 4) is 5.75 Å². The number of carbonyl (C=O) groups excluding carboxylic acids is 1. The van der Waals surface area contributed by atoms with Crippen LogP contribution in [0, 0.1) is 0 Å². The quantitative estimate of drug-likeness (QED) is 0.844. The normalized spacial score (nSPS) is 16.3. The topological polar surface area (TPSA) is 86.7 Å². The Bertz CT molecular complexity index is 849. The van der Waals surface area contributed by atoms with Crippen LogP contribution >= 0.6 is 0 Å². The molecule has 2 aromatic rings. The van der Waals surface area contributed by atoms with Crippen molar-refractivity contribution in [3.05, 3.63) is 54.1 Å². The van der Waals surface area contributed by atoms with E-state index < -0.39 is 15.9 Å². The van der Waals surface area contributed by atoms with E-state index >= 15 is 0 Å². The molecule has 120 valence electrons. The van der Waals surface area contributed by atoms with Crippen molar-refractivity contribution in [2.24, 2.45) is 0 Å². The van der Waals surface area contributed by atoms with Crippen LogP contribution in [0.25, 0.3) is 0 Å². The van der Waals surface area contributed by atoms with E-state index in [0.717, 1.165) is 0 Å². The van der Waals surface area contributed by atoms with E-state index in [9.17, 15) is 18.3 Å². The smallest absolute Gasteiger partial charge is 0.255 e. The number of anilines is 2. The number of rotatable bonds is 3. The van der Waals surface area contributed by atoms with Crippen molar-refractivity contribution in [3.63, 3.8) is 0 Å². The van der Waals surface area contributed by atoms with Crippen LogP contribution in [0.3, 0.4) is 0 Å². The van der Waals surface area contributed by atoms with Gasteiger partial charge in [-0.3, -0.25) is 9.10 Å². The standard InChI is InChI=1S/C16H16N2O4S/c19-15-8-2-1-7-14(15)17-16(20)12-5-3-6-13(11-12)18-9-4-10-23(18,21)22/h1-3,5-8,11,19H,4,9-10H2,(H,17,20). The average molecular weight is 332 g/mol. The highest BCUT2D eigenvalue weighted by Gasteiger charge is 2.28. The molecule has 2 N–H and O–H groups in total. The SMILES string of the molecule is O=C(Nc1ccccc1O)c1cccc(N2CCCS2(=O)=O)c1. The van der Waals surface area contributed by atoms with Crippen LogP contribution in [0.2, 0.25) is 0 Å². The molecule has 0 bridgehead atoms. The number of nitrogens with zero attached hydrogens (tertiary/aromatic N) is 1. The second kappa shape index (κ2) is 5.92. The second-order valence-corrected chi connectivity index (χ2v) is 7.28. The number of para-hydroxylation sites is 2. The van der Waals surface area contributed by atoms with Gasteiger partial charge in [0.05, 0.1) is 17.1 Å². The molecule has 7 heteroatoms. The lowest BCUT2D eigenvalue weighted by Gasteiger charge is -2.17. The van der Waals surface area contributed by atoms with Crippen molar-refractivity contribution in [2.75, 3.05) is 21.9 Å². The maximum atomic E-state index is 12.3. The molecule has 3 rings (SSSR count). The molecule has 1 aliphatic heterocycles. The number of carbonyl (C=O) groups is 1. The zero-order valence-corrected chi connectivity index (χ0v) is 13.1. The van der Waals surface area contributed by atoms with Crippen molar-refractivity contribution in [1.29, 1.82) is 0 Å². The van der Waals surface area contributed by atoms with Gasteiger partial charge in [0.15, 0.2) is 0 Å². The molecule has 1 aliphatic rings. The van der Waals surface area contributed by atoms with Crippen molar-refractivity contribution >= 4 is 27.3 Å².